The number of aromatic nitrogens is 1. The minimum absolute atomic E-state index is 0.0137. The second kappa shape index (κ2) is 6.04. The number of hydrogen-bond acceptors (Lipinski definition) is 5. The monoisotopic (exact) mass is 318 g/mol. The third-order valence-corrected chi connectivity index (χ3v) is 5.10. The van der Waals surface area contributed by atoms with Crippen molar-refractivity contribution in [2.45, 2.75) is 25.8 Å². The summed E-state index contributed by atoms with van der Waals surface area (Å²) in [7, 11) is 1.71. The second-order valence-corrected chi connectivity index (χ2v) is 6.64. The average molecular weight is 318 g/mol. The highest BCUT2D eigenvalue weighted by Crippen LogP contribution is 2.30. The molecule has 1 aliphatic rings. The van der Waals surface area contributed by atoms with Crippen molar-refractivity contribution in [1.82, 2.24) is 9.88 Å². The molecule has 0 N–H and O–H groups in total. The van der Waals surface area contributed by atoms with E-state index in [-0.39, 0.29) is 30.4 Å². The molecule has 1 atom stereocenters. The number of ether oxygens (including phenoxy) is 1. The third-order valence-electron chi connectivity index (χ3n) is 3.89. The van der Waals surface area contributed by atoms with Crippen LogP contribution in [-0.4, -0.2) is 35.4 Å². The molecule has 0 radical (unpaired) electrons. The normalized spacial score (nSPS) is 15.5. The molecule has 1 saturated carbocycles. The highest BCUT2D eigenvalue weighted by Gasteiger charge is 2.32. The molecule has 1 fully saturated rings. The third kappa shape index (κ3) is 3.11. The summed E-state index contributed by atoms with van der Waals surface area (Å²) in [5.74, 6) is -0.449. The molecule has 0 spiro atoms. The topological polar surface area (TPSA) is 59.5 Å². The van der Waals surface area contributed by atoms with Crippen molar-refractivity contribution < 1.29 is 14.3 Å². The number of fused-ring (bicyclic) bond motifs is 1. The van der Waals surface area contributed by atoms with E-state index in [9.17, 15) is 9.59 Å². The average Bonchev–Trinajstić information content (AvgIpc) is 3.29. The lowest BCUT2D eigenvalue weighted by Gasteiger charge is -2.23. The Bertz CT molecular complexity index is 675. The van der Waals surface area contributed by atoms with E-state index in [0.29, 0.717) is 0 Å². The Morgan fingerprint density at radius 3 is 2.82 bits per heavy atom. The molecule has 6 heteroatoms. The quantitative estimate of drug-likeness (QED) is 0.795. The zero-order chi connectivity index (χ0) is 15.7. The van der Waals surface area contributed by atoms with Crippen molar-refractivity contribution in [3.8, 4) is 0 Å². The fraction of sp³-hybridized carbons (Fsp3) is 0.438. The Labute approximate surface area is 132 Å². The first-order chi connectivity index (χ1) is 10.6. The van der Waals surface area contributed by atoms with E-state index in [4.69, 9.17) is 4.74 Å². The minimum atomic E-state index is -0.255. The van der Waals surface area contributed by atoms with Crippen molar-refractivity contribution in [2.75, 3.05) is 13.7 Å². The van der Waals surface area contributed by atoms with Crippen LogP contribution in [0.1, 0.15) is 30.8 Å². The number of esters is 1. The van der Waals surface area contributed by atoms with Gasteiger partial charge in [-0.05, 0) is 31.9 Å². The standard InChI is InChI=1S/C16H18N2O3S/c1-10(15-17-12-5-3-4-6-13(12)22-15)18(2)14(19)9-21-16(20)11-7-8-11/h3-6,10-11H,7-9H2,1-2H3/t10-/m1/s1. The molecule has 0 aliphatic heterocycles. The maximum absolute atomic E-state index is 12.1. The van der Waals surface area contributed by atoms with Gasteiger partial charge in [0, 0.05) is 7.05 Å². The molecule has 1 aromatic carbocycles. The summed E-state index contributed by atoms with van der Waals surface area (Å²) in [6.45, 7) is 1.74. The fourth-order valence-corrected chi connectivity index (χ4v) is 3.18. The van der Waals surface area contributed by atoms with E-state index < -0.39 is 0 Å². The van der Waals surface area contributed by atoms with Crippen LogP contribution < -0.4 is 0 Å². The molecular weight excluding hydrogens is 300 g/mol. The van der Waals surface area contributed by atoms with E-state index in [1.807, 2.05) is 31.2 Å². The van der Waals surface area contributed by atoms with Crippen LogP contribution in [0.3, 0.4) is 0 Å². The van der Waals surface area contributed by atoms with E-state index >= 15 is 0 Å². The van der Waals surface area contributed by atoms with Gasteiger partial charge in [0.15, 0.2) is 6.61 Å². The van der Waals surface area contributed by atoms with Gasteiger partial charge in [0.25, 0.3) is 5.91 Å². The Balaban J connectivity index is 1.63. The summed E-state index contributed by atoms with van der Waals surface area (Å²) in [5, 5.41) is 0.880. The van der Waals surface area contributed by atoms with Crippen molar-refractivity contribution in [1.29, 1.82) is 0 Å². The van der Waals surface area contributed by atoms with Crippen LogP contribution in [0.4, 0.5) is 0 Å². The van der Waals surface area contributed by atoms with Gasteiger partial charge in [-0.15, -0.1) is 11.3 Å². The van der Waals surface area contributed by atoms with Crippen molar-refractivity contribution >= 4 is 33.4 Å². The summed E-state index contributed by atoms with van der Waals surface area (Å²) >= 11 is 1.58. The Morgan fingerprint density at radius 2 is 2.14 bits per heavy atom. The predicted octanol–water partition coefficient (Wildman–Crippen LogP) is 2.77. The van der Waals surface area contributed by atoms with Gasteiger partial charge >= 0.3 is 5.97 Å². The number of para-hydroxylation sites is 1. The lowest BCUT2D eigenvalue weighted by Crippen LogP contribution is -2.33. The Hall–Kier alpha value is -1.95. The molecule has 1 amide bonds. The highest BCUT2D eigenvalue weighted by molar-refractivity contribution is 7.18. The maximum atomic E-state index is 12.1. The maximum Gasteiger partial charge on any atom is 0.309 e. The number of hydrogen-bond donors (Lipinski definition) is 0. The number of thiazole rings is 1. The first kappa shape index (κ1) is 15.0. The van der Waals surface area contributed by atoms with Crippen LogP contribution in [-0.2, 0) is 14.3 Å². The van der Waals surface area contributed by atoms with Crippen molar-refractivity contribution in [3.05, 3.63) is 29.3 Å². The van der Waals surface area contributed by atoms with Crippen LogP contribution in [0.25, 0.3) is 10.2 Å². The van der Waals surface area contributed by atoms with Gasteiger partial charge in [0.1, 0.15) is 5.01 Å². The van der Waals surface area contributed by atoms with Crippen LogP contribution >= 0.6 is 11.3 Å². The molecule has 1 aromatic heterocycles. The molecule has 0 bridgehead atoms. The number of amides is 1. The first-order valence-electron chi connectivity index (χ1n) is 7.34. The zero-order valence-electron chi connectivity index (χ0n) is 12.6. The largest absolute Gasteiger partial charge is 0.455 e. The summed E-state index contributed by atoms with van der Waals surface area (Å²) < 4.78 is 6.15. The first-order valence-corrected chi connectivity index (χ1v) is 8.15. The van der Waals surface area contributed by atoms with Gasteiger partial charge in [-0.2, -0.15) is 0 Å². The van der Waals surface area contributed by atoms with Crippen LogP contribution in [0.2, 0.25) is 0 Å². The van der Waals surface area contributed by atoms with E-state index in [2.05, 4.69) is 4.98 Å². The van der Waals surface area contributed by atoms with Gasteiger partial charge in [-0.3, -0.25) is 9.59 Å². The van der Waals surface area contributed by atoms with Crippen LogP contribution in [0, 0.1) is 5.92 Å². The van der Waals surface area contributed by atoms with Crippen LogP contribution in [0.5, 0.6) is 0 Å². The van der Waals surface area contributed by atoms with Gasteiger partial charge in [0.05, 0.1) is 22.2 Å². The summed E-state index contributed by atoms with van der Waals surface area (Å²) in [6.07, 6.45) is 1.76. The predicted molar refractivity (Wildman–Crippen MR) is 84.5 cm³/mol. The fourth-order valence-electron chi connectivity index (χ4n) is 2.12. The number of nitrogens with zero attached hydrogens (tertiary/aromatic N) is 2. The van der Waals surface area contributed by atoms with Gasteiger partial charge in [-0.25, -0.2) is 4.98 Å². The minimum Gasteiger partial charge on any atom is -0.455 e. The summed E-state index contributed by atoms with van der Waals surface area (Å²) in [6, 6.07) is 7.75. The number of rotatable bonds is 5. The van der Waals surface area contributed by atoms with Gasteiger partial charge in [-0.1, -0.05) is 12.1 Å². The number of likely N-dealkylation sites (N-methyl/N-ethyl adjacent to an activating group) is 1. The molecule has 22 heavy (non-hydrogen) atoms. The van der Waals surface area contributed by atoms with Gasteiger partial charge < -0.3 is 9.64 Å². The van der Waals surface area contributed by atoms with Crippen LogP contribution in [0.15, 0.2) is 24.3 Å². The lowest BCUT2D eigenvalue weighted by molar-refractivity contribution is -0.153. The number of carbonyl (C=O) groups is 2. The van der Waals surface area contributed by atoms with E-state index in [1.165, 1.54) is 0 Å². The molecule has 1 aliphatic carbocycles. The highest BCUT2D eigenvalue weighted by atomic mass is 32.1. The SMILES string of the molecule is C[C@H](c1nc2ccccc2s1)N(C)C(=O)COC(=O)C1CC1. The lowest BCUT2D eigenvalue weighted by atomic mass is 10.3. The second-order valence-electron chi connectivity index (χ2n) is 5.58. The van der Waals surface area contributed by atoms with E-state index in [1.54, 1.807) is 23.3 Å². The molecule has 0 unspecified atom stereocenters. The molecule has 1 heterocycles. The molecular formula is C16H18N2O3S. The zero-order valence-corrected chi connectivity index (χ0v) is 13.4. The number of benzene rings is 1. The molecule has 116 valence electrons. The molecule has 3 rings (SSSR count). The van der Waals surface area contributed by atoms with Gasteiger partial charge in [0.2, 0.25) is 0 Å². The molecule has 5 nitrogen and oxygen atoms in total. The summed E-state index contributed by atoms with van der Waals surface area (Å²) in [4.78, 5) is 29.8. The van der Waals surface area contributed by atoms with Crippen molar-refractivity contribution in [2.24, 2.45) is 5.92 Å². The number of carbonyl (C=O) groups excluding carboxylic acids is 2. The molecule has 0 saturated heterocycles. The van der Waals surface area contributed by atoms with Crippen molar-refractivity contribution in [3.63, 3.8) is 0 Å². The molecule has 2 aromatic rings. The Kier molecular flexibility index (Phi) is 4.11. The van der Waals surface area contributed by atoms with E-state index in [0.717, 1.165) is 28.1 Å². The Morgan fingerprint density at radius 1 is 1.41 bits per heavy atom. The smallest absolute Gasteiger partial charge is 0.309 e. The summed E-state index contributed by atoms with van der Waals surface area (Å²) in [5.41, 5.74) is 0.940.